The third-order valence-corrected chi connectivity index (χ3v) is 4.13. The van der Waals surface area contributed by atoms with Crippen LogP contribution in [0.1, 0.15) is 81.9 Å². The number of amides is 1. The number of hydrogen-bond donors (Lipinski definition) is 1. The molecule has 0 saturated heterocycles. The zero-order valence-electron chi connectivity index (χ0n) is 15.2. The van der Waals surface area contributed by atoms with Crippen molar-refractivity contribution in [3.05, 3.63) is 34.9 Å². The Morgan fingerprint density at radius 1 is 1.04 bits per heavy atom. The normalized spacial score (nSPS) is 11.6. The Labute approximate surface area is 141 Å². The quantitative estimate of drug-likeness (QED) is 0.356. The molecule has 0 aliphatic carbocycles. The number of benzene rings is 1. The van der Waals surface area contributed by atoms with Crippen molar-refractivity contribution < 1.29 is 4.79 Å². The Balaban J connectivity index is 2.28. The molecule has 0 bridgehead atoms. The summed E-state index contributed by atoms with van der Waals surface area (Å²) in [5.74, 6) is 0.0164. The number of carbonyl (C=O) groups is 1. The first-order chi connectivity index (χ1) is 11.0. The van der Waals surface area contributed by atoms with E-state index in [1.807, 2.05) is 6.92 Å². The van der Waals surface area contributed by atoms with Gasteiger partial charge in [-0.1, -0.05) is 69.2 Å². The second-order valence-electron chi connectivity index (χ2n) is 6.42. The summed E-state index contributed by atoms with van der Waals surface area (Å²) < 4.78 is 0. The number of aryl methyl sites for hydroxylation is 2. The van der Waals surface area contributed by atoms with Gasteiger partial charge in [-0.05, 0) is 32.8 Å². The van der Waals surface area contributed by atoms with Crippen molar-refractivity contribution in [1.82, 2.24) is 5.43 Å². The molecule has 0 heterocycles. The Kier molecular flexibility index (Phi) is 9.27. The summed E-state index contributed by atoms with van der Waals surface area (Å²) in [5.41, 5.74) is 7.06. The first-order valence-corrected chi connectivity index (χ1v) is 8.95. The average molecular weight is 316 g/mol. The van der Waals surface area contributed by atoms with Gasteiger partial charge < -0.3 is 0 Å². The number of unbranched alkanes of at least 4 members (excludes halogenated alkanes) is 6. The van der Waals surface area contributed by atoms with Crippen molar-refractivity contribution in [1.29, 1.82) is 0 Å². The molecule has 1 rings (SSSR count). The zero-order chi connectivity index (χ0) is 17.1. The molecule has 128 valence electrons. The highest BCUT2D eigenvalue weighted by Crippen LogP contribution is 2.11. The van der Waals surface area contributed by atoms with Crippen LogP contribution in [0, 0.1) is 13.8 Å². The van der Waals surface area contributed by atoms with Gasteiger partial charge in [-0.2, -0.15) is 5.10 Å². The van der Waals surface area contributed by atoms with Crippen molar-refractivity contribution in [2.24, 2.45) is 5.10 Å². The fourth-order valence-corrected chi connectivity index (χ4v) is 2.72. The lowest BCUT2D eigenvalue weighted by atomic mass is 10.0. The number of hydrogen-bond acceptors (Lipinski definition) is 2. The van der Waals surface area contributed by atoms with Gasteiger partial charge >= 0.3 is 0 Å². The number of nitrogens with zero attached hydrogens (tertiary/aromatic N) is 1. The van der Waals surface area contributed by atoms with E-state index in [1.54, 1.807) is 0 Å². The molecule has 0 saturated carbocycles. The minimum absolute atomic E-state index is 0.0164. The van der Waals surface area contributed by atoms with Crippen molar-refractivity contribution in [3.63, 3.8) is 0 Å². The van der Waals surface area contributed by atoms with Crippen molar-refractivity contribution in [2.75, 3.05) is 0 Å². The summed E-state index contributed by atoms with van der Waals surface area (Å²) in [4.78, 5) is 11.8. The van der Waals surface area contributed by atoms with Gasteiger partial charge in [-0.15, -0.1) is 0 Å². The molecule has 0 spiro atoms. The number of nitrogens with one attached hydrogen (secondary N) is 1. The minimum atomic E-state index is 0.0164. The molecule has 0 fully saturated rings. The van der Waals surface area contributed by atoms with E-state index < -0.39 is 0 Å². The molecule has 1 aromatic rings. The first kappa shape index (κ1) is 19.4. The standard InChI is InChI=1S/C20H32N2O/c1-5-6-7-8-9-10-11-12-20(23)22-21-18(4)19-14-13-16(2)15-17(19)3/h13-15H,5-12H2,1-4H3,(H,22,23). The first-order valence-electron chi connectivity index (χ1n) is 8.95. The summed E-state index contributed by atoms with van der Waals surface area (Å²) in [6.45, 7) is 8.31. The fourth-order valence-electron chi connectivity index (χ4n) is 2.72. The lowest BCUT2D eigenvalue weighted by Crippen LogP contribution is -2.19. The van der Waals surface area contributed by atoms with Crippen LogP contribution in [-0.4, -0.2) is 11.6 Å². The largest absolute Gasteiger partial charge is 0.273 e. The Bertz CT molecular complexity index is 520. The topological polar surface area (TPSA) is 41.5 Å². The number of carbonyl (C=O) groups excluding carboxylic acids is 1. The Morgan fingerprint density at radius 2 is 1.70 bits per heavy atom. The second kappa shape index (κ2) is 11.0. The van der Waals surface area contributed by atoms with Crippen LogP contribution >= 0.6 is 0 Å². The highest BCUT2D eigenvalue weighted by atomic mass is 16.2. The van der Waals surface area contributed by atoms with Gasteiger partial charge in [0.15, 0.2) is 0 Å². The third kappa shape index (κ3) is 7.96. The fraction of sp³-hybridized carbons (Fsp3) is 0.600. The molecule has 1 aromatic carbocycles. The van der Waals surface area contributed by atoms with Crippen LogP contribution in [0.15, 0.2) is 23.3 Å². The van der Waals surface area contributed by atoms with E-state index in [-0.39, 0.29) is 5.91 Å². The lowest BCUT2D eigenvalue weighted by molar-refractivity contribution is -0.121. The molecular formula is C20H32N2O. The van der Waals surface area contributed by atoms with Gasteiger partial charge in [0.25, 0.3) is 0 Å². The minimum Gasteiger partial charge on any atom is -0.273 e. The highest BCUT2D eigenvalue weighted by molar-refractivity contribution is 6.00. The zero-order valence-corrected chi connectivity index (χ0v) is 15.2. The van der Waals surface area contributed by atoms with Gasteiger partial charge in [0.2, 0.25) is 5.91 Å². The van der Waals surface area contributed by atoms with E-state index in [0.29, 0.717) is 6.42 Å². The number of rotatable bonds is 10. The van der Waals surface area contributed by atoms with Crippen LogP contribution in [0.3, 0.4) is 0 Å². The molecule has 0 radical (unpaired) electrons. The van der Waals surface area contributed by atoms with Gasteiger partial charge in [0.05, 0.1) is 5.71 Å². The van der Waals surface area contributed by atoms with E-state index in [4.69, 9.17) is 0 Å². The van der Waals surface area contributed by atoms with Crippen LogP contribution in [-0.2, 0) is 4.79 Å². The summed E-state index contributed by atoms with van der Waals surface area (Å²) in [7, 11) is 0. The Morgan fingerprint density at radius 3 is 2.35 bits per heavy atom. The van der Waals surface area contributed by atoms with Crippen LogP contribution < -0.4 is 5.43 Å². The van der Waals surface area contributed by atoms with Gasteiger partial charge in [-0.3, -0.25) is 4.79 Å². The van der Waals surface area contributed by atoms with Crippen LogP contribution in [0.2, 0.25) is 0 Å². The second-order valence-corrected chi connectivity index (χ2v) is 6.42. The van der Waals surface area contributed by atoms with E-state index >= 15 is 0 Å². The molecular weight excluding hydrogens is 284 g/mol. The monoisotopic (exact) mass is 316 g/mol. The number of hydrazone groups is 1. The summed E-state index contributed by atoms with van der Waals surface area (Å²) in [5, 5.41) is 4.24. The van der Waals surface area contributed by atoms with Gasteiger partial charge in [-0.25, -0.2) is 5.43 Å². The van der Waals surface area contributed by atoms with Crippen LogP contribution in [0.4, 0.5) is 0 Å². The highest BCUT2D eigenvalue weighted by Gasteiger charge is 2.04. The average Bonchev–Trinajstić information content (AvgIpc) is 2.51. The maximum atomic E-state index is 11.8. The van der Waals surface area contributed by atoms with Crippen LogP contribution in [0.25, 0.3) is 0 Å². The predicted octanol–water partition coefficient (Wildman–Crippen LogP) is 5.28. The molecule has 0 aliphatic heterocycles. The molecule has 23 heavy (non-hydrogen) atoms. The van der Waals surface area contributed by atoms with E-state index in [0.717, 1.165) is 24.1 Å². The maximum absolute atomic E-state index is 11.8. The SMILES string of the molecule is CCCCCCCCCC(=O)NN=C(C)c1ccc(C)cc1C. The molecule has 0 atom stereocenters. The van der Waals surface area contributed by atoms with Gasteiger partial charge in [0, 0.05) is 12.0 Å². The maximum Gasteiger partial charge on any atom is 0.240 e. The van der Waals surface area contributed by atoms with Crippen molar-refractivity contribution in [2.45, 2.75) is 79.1 Å². The Hall–Kier alpha value is -1.64. The summed E-state index contributed by atoms with van der Waals surface area (Å²) in [6.07, 6.45) is 9.11. The van der Waals surface area contributed by atoms with E-state index in [9.17, 15) is 4.79 Å². The van der Waals surface area contributed by atoms with E-state index in [2.05, 4.69) is 49.5 Å². The molecule has 1 N–H and O–H groups in total. The molecule has 0 aliphatic rings. The molecule has 1 amide bonds. The summed E-state index contributed by atoms with van der Waals surface area (Å²) in [6, 6.07) is 6.27. The molecule has 3 nitrogen and oxygen atoms in total. The van der Waals surface area contributed by atoms with Gasteiger partial charge in [0.1, 0.15) is 0 Å². The lowest BCUT2D eigenvalue weighted by Gasteiger charge is -2.07. The van der Waals surface area contributed by atoms with E-state index in [1.165, 1.54) is 43.2 Å². The molecule has 3 heteroatoms. The molecule has 0 unspecified atom stereocenters. The predicted molar refractivity (Wildman–Crippen MR) is 98.9 cm³/mol. The smallest absolute Gasteiger partial charge is 0.240 e. The summed E-state index contributed by atoms with van der Waals surface area (Å²) >= 11 is 0. The van der Waals surface area contributed by atoms with Crippen molar-refractivity contribution >= 4 is 11.6 Å². The third-order valence-electron chi connectivity index (χ3n) is 4.13. The van der Waals surface area contributed by atoms with Crippen LogP contribution in [0.5, 0.6) is 0 Å². The van der Waals surface area contributed by atoms with Crippen molar-refractivity contribution in [3.8, 4) is 0 Å². The molecule has 0 aromatic heterocycles.